The fourth-order valence-electron chi connectivity index (χ4n) is 2.10. The molecule has 0 aliphatic carbocycles. The number of carbonyl (C=O) groups excluding carboxylic acids is 2. The first kappa shape index (κ1) is 15.4. The molecule has 1 heterocycles. The second-order valence-corrected chi connectivity index (χ2v) is 6.67. The average molecular weight is 358 g/mol. The molecule has 0 bridgehead atoms. The van der Waals surface area contributed by atoms with E-state index in [9.17, 15) is 9.59 Å². The molecule has 0 spiro atoms. The number of likely N-dealkylation sites (tertiary alicyclic amines) is 1. The zero-order valence-electron chi connectivity index (χ0n) is 11.2. The van der Waals surface area contributed by atoms with Gasteiger partial charge in [-0.2, -0.15) is 0 Å². The van der Waals surface area contributed by atoms with Crippen LogP contribution >= 0.6 is 27.7 Å². The number of esters is 1. The van der Waals surface area contributed by atoms with Crippen molar-refractivity contribution in [1.29, 1.82) is 0 Å². The zero-order chi connectivity index (χ0) is 14.5. The monoisotopic (exact) mass is 357 g/mol. The van der Waals surface area contributed by atoms with Gasteiger partial charge in [-0.3, -0.25) is 9.59 Å². The Morgan fingerprint density at radius 3 is 2.90 bits per heavy atom. The minimum absolute atomic E-state index is 0.0404. The Balaban J connectivity index is 1.91. The Bertz CT molecular complexity index is 509. The van der Waals surface area contributed by atoms with Gasteiger partial charge >= 0.3 is 5.97 Å². The number of thioether (sulfide) groups is 1. The summed E-state index contributed by atoms with van der Waals surface area (Å²) in [6, 6.07) is 7.44. The number of carbonyl (C=O) groups is 2. The van der Waals surface area contributed by atoms with Crippen LogP contribution in [0.1, 0.15) is 16.8 Å². The topological polar surface area (TPSA) is 46.6 Å². The van der Waals surface area contributed by atoms with E-state index >= 15 is 0 Å². The van der Waals surface area contributed by atoms with E-state index in [-0.39, 0.29) is 11.9 Å². The van der Waals surface area contributed by atoms with Gasteiger partial charge in [0.2, 0.25) is 0 Å². The van der Waals surface area contributed by atoms with E-state index in [1.807, 2.05) is 29.2 Å². The van der Waals surface area contributed by atoms with Crippen molar-refractivity contribution >= 4 is 39.6 Å². The van der Waals surface area contributed by atoms with Crippen LogP contribution < -0.4 is 0 Å². The minimum Gasteiger partial charge on any atom is -0.468 e. The molecule has 1 aromatic carbocycles. The van der Waals surface area contributed by atoms with Crippen molar-refractivity contribution in [2.75, 3.05) is 26.0 Å². The van der Waals surface area contributed by atoms with Crippen molar-refractivity contribution in [3.8, 4) is 0 Å². The smallest absolute Gasteiger partial charge is 0.315 e. The quantitative estimate of drug-likeness (QED) is 0.777. The molecule has 1 aliphatic rings. The lowest BCUT2D eigenvalue weighted by molar-refractivity contribution is -0.137. The molecule has 1 amide bonds. The van der Waals surface area contributed by atoms with E-state index in [1.165, 1.54) is 7.11 Å². The van der Waals surface area contributed by atoms with Gasteiger partial charge in [0.05, 0.1) is 18.4 Å². The van der Waals surface area contributed by atoms with E-state index in [0.29, 0.717) is 23.1 Å². The maximum absolute atomic E-state index is 12.4. The molecular weight excluding hydrogens is 342 g/mol. The lowest BCUT2D eigenvalue weighted by atomic mass is 10.2. The molecule has 1 saturated heterocycles. The van der Waals surface area contributed by atoms with Crippen molar-refractivity contribution in [2.24, 2.45) is 0 Å². The van der Waals surface area contributed by atoms with E-state index in [0.717, 1.165) is 17.4 Å². The Kier molecular flexibility index (Phi) is 5.48. The number of halogens is 1. The Labute approximate surface area is 131 Å². The third-order valence-corrected chi connectivity index (χ3v) is 5.15. The fraction of sp³-hybridized carbons (Fsp3) is 0.429. The molecule has 0 radical (unpaired) electrons. The summed E-state index contributed by atoms with van der Waals surface area (Å²) < 4.78 is 5.44. The largest absolute Gasteiger partial charge is 0.468 e. The van der Waals surface area contributed by atoms with Crippen LogP contribution in [0.4, 0.5) is 0 Å². The van der Waals surface area contributed by atoms with Gasteiger partial charge in [-0.1, -0.05) is 12.1 Å². The molecule has 4 nitrogen and oxygen atoms in total. The molecule has 0 N–H and O–H groups in total. The predicted molar refractivity (Wildman–Crippen MR) is 82.9 cm³/mol. The van der Waals surface area contributed by atoms with E-state index in [1.54, 1.807) is 11.8 Å². The average Bonchev–Trinajstić information content (AvgIpc) is 2.93. The summed E-state index contributed by atoms with van der Waals surface area (Å²) in [5, 5.41) is 0.306. The second-order valence-electron chi connectivity index (χ2n) is 4.53. The van der Waals surface area contributed by atoms with Gasteiger partial charge in [0.1, 0.15) is 0 Å². The number of amides is 1. The van der Waals surface area contributed by atoms with Gasteiger partial charge in [-0.15, -0.1) is 11.8 Å². The number of rotatable bonds is 4. The molecule has 20 heavy (non-hydrogen) atoms. The number of methoxy groups -OCH3 is 1. The second kappa shape index (κ2) is 7.13. The van der Waals surface area contributed by atoms with E-state index in [4.69, 9.17) is 0 Å². The highest BCUT2D eigenvalue weighted by atomic mass is 79.9. The highest BCUT2D eigenvalue weighted by Gasteiger charge is 2.28. The summed E-state index contributed by atoms with van der Waals surface area (Å²) >= 11 is 4.96. The first-order valence-electron chi connectivity index (χ1n) is 6.34. The molecule has 1 fully saturated rings. The third-order valence-electron chi connectivity index (χ3n) is 3.20. The van der Waals surface area contributed by atoms with E-state index < -0.39 is 0 Å². The van der Waals surface area contributed by atoms with Crippen LogP contribution in [0.25, 0.3) is 0 Å². The van der Waals surface area contributed by atoms with Crippen LogP contribution in [0, 0.1) is 0 Å². The summed E-state index contributed by atoms with van der Waals surface area (Å²) in [5.74, 6) is 0.169. The number of nitrogens with zero attached hydrogens (tertiary/aromatic N) is 1. The molecule has 1 aliphatic heterocycles. The van der Waals surface area contributed by atoms with Crippen LogP contribution in [-0.2, 0) is 9.53 Å². The lowest BCUT2D eigenvalue weighted by Gasteiger charge is -2.17. The molecule has 1 atom stereocenters. The van der Waals surface area contributed by atoms with Crippen LogP contribution in [-0.4, -0.2) is 48.0 Å². The minimum atomic E-state index is -0.217. The van der Waals surface area contributed by atoms with Crippen molar-refractivity contribution in [1.82, 2.24) is 4.90 Å². The lowest BCUT2D eigenvalue weighted by Crippen LogP contribution is -2.29. The van der Waals surface area contributed by atoms with Crippen molar-refractivity contribution in [3.05, 3.63) is 34.3 Å². The fourth-order valence-corrected chi connectivity index (χ4v) is 3.60. The van der Waals surface area contributed by atoms with Crippen LogP contribution in [0.2, 0.25) is 0 Å². The highest BCUT2D eigenvalue weighted by Crippen LogP contribution is 2.26. The Hall–Kier alpha value is -1.01. The summed E-state index contributed by atoms with van der Waals surface area (Å²) in [5.41, 5.74) is 0.686. The maximum Gasteiger partial charge on any atom is 0.315 e. The number of ether oxygens (including phenoxy) is 1. The van der Waals surface area contributed by atoms with Gasteiger partial charge in [-0.25, -0.2) is 0 Å². The van der Waals surface area contributed by atoms with Gasteiger partial charge in [0, 0.05) is 22.8 Å². The Morgan fingerprint density at radius 1 is 1.45 bits per heavy atom. The molecule has 108 valence electrons. The molecule has 1 aromatic rings. The predicted octanol–water partition coefficient (Wildman–Crippen LogP) is 2.57. The van der Waals surface area contributed by atoms with Crippen molar-refractivity contribution in [2.45, 2.75) is 11.7 Å². The molecule has 0 saturated carbocycles. The first-order chi connectivity index (χ1) is 9.61. The standard InChI is InChI=1S/C14H16BrNO3S/c1-19-13(17)9-20-10-6-7-16(8-10)14(18)11-4-2-3-5-12(11)15/h2-5,10H,6-9H2,1H3/t10-/m0/s1. The van der Waals surface area contributed by atoms with Crippen molar-refractivity contribution < 1.29 is 14.3 Å². The number of hydrogen-bond acceptors (Lipinski definition) is 4. The zero-order valence-corrected chi connectivity index (χ0v) is 13.6. The molecule has 0 aromatic heterocycles. The summed E-state index contributed by atoms with van der Waals surface area (Å²) in [6.07, 6.45) is 0.915. The van der Waals surface area contributed by atoms with E-state index in [2.05, 4.69) is 20.7 Å². The van der Waals surface area contributed by atoms with Gasteiger partial charge in [-0.05, 0) is 34.5 Å². The Morgan fingerprint density at radius 2 is 2.20 bits per heavy atom. The van der Waals surface area contributed by atoms with Crippen LogP contribution in [0.5, 0.6) is 0 Å². The number of hydrogen-bond donors (Lipinski definition) is 0. The van der Waals surface area contributed by atoms with Gasteiger partial charge in [0.15, 0.2) is 0 Å². The SMILES string of the molecule is COC(=O)CS[C@H]1CCN(C(=O)c2ccccc2Br)C1. The normalized spacial score (nSPS) is 18.1. The summed E-state index contributed by atoms with van der Waals surface area (Å²) in [4.78, 5) is 25.4. The maximum atomic E-state index is 12.4. The third kappa shape index (κ3) is 3.76. The van der Waals surface area contributed by atoms with Crippen molar-refractivity contribution in [3.63, 3.8) is 0 Å². The molecule has 2 rings (SSSR count). The summed E-state index contributed by atoms with van der Waals surface area (Å²) in [7, 11) is 1.39. The number of benzene rings is 1. The summed E-state index contributed by atoms with van der Waals surface area (Å²) in [6.45, 7) is 1.42. The highest BCUT2D eigenvalue weighted by molar-refractivity contribution is 9.10. The van der Waals surface area contributed by atoms with Gasteiger partial charge < -0.3 is 9.64 Å². The van der Waals surface area contributed by atoms with Crippen LogP contribution in [0.15, 0.2) is 28.7 Å². The molecule has 6 heteroatoms. The molecular formula is C14H16BrNO3S. The molecule has 0 unspecified atom stereocenters. The van der Waals surface area contributed by atoms with Gasteiger partial charge in [0.25, 0.3) is 5.91 Å². The van der Waals surface area contributed by atoms with Crippen LogP contribution in [0.3, 0.4) is 0 Å². The first-order valence-corrected chi connectivity index (χ1v) is 8.18.